The summed E-state index contributed by atoms with van der Waals surface area (Å²) in [7, 11) is 0. The van der Waals surface area contributed by atoms with E-state index in [1.54, 1.807) is 0 Å². The van der Waals surface area contributed by atoms with Gasteiger partial charge in [-0.15, -0.1) is 0 Å². The summed E-state index contributed by atoms with van der Waals surface area (Å²) in [5.74, 6) is 0.687. The van der Waals surface area contributed by atoms with Gasteiger partial charge >= 0.3 is 0 Å². The van der Waals surface area contributed by atoms with Gasteiger partial charge in [-0.2, -0.15) is 0 Å². The van der Waals surface area contributed by atoms with Crippen molar-refractivity contribution < 1.29 is 0 Å². The molecular formula is C6H9Cl2. The molecule has 0 spiro atoms. The van der Waals surface area contributed by atoms with Gasteiger partial charge in [-0.3, -0.25) is 0 Å². The Balaban J connectivity index is 2.47. The standard InChI is InChI=1S/C6H9Cl2/c1-4-3-6(4,2)5(7)8/h4H,3H2,1-2H3. The normalized spacial score (nSPS) is 45.4. The van der Waals surface area contributed by atoms with E-state index < -0.39 is 0 Å². The van der Waals surface area contributed by atoms with Crippen molar-refractivity contribution in [1.29, 1.82) is 0 Å². The summed E-state index contributed by atoms with van der Waals surface area (Å²) >= 11 is 11.2. The van der Waals surface area contributed by atoms with Gasteiger partial charge in [-0.25, -0.2) is 0 Å². The molecule has 0 aromatic carbocycles. The maximum Gasteiger partial charge on any atom is 0.157 e. The van der Waals surface area contributed by atoms with Crippen LogP contribution in [0.1, 0.15) is 20.3 Å². The fourth-order valence-corrected chi connectivity index (χ4v) is 1.37. The summed E-state index contributed by atoms with van der Waals surface area (Å²) in [5.41, 5.74) is 0.156. The van der Waals surface area contributed by atoms with Crippen molar-refractivity contribution in [3.05, 3.63) is 4.84 Å². The molecule has 47 valence electrons. The van der Waals surface area contributed by atoms with Crippen LogP contribution in [-0.2, 0) is 0 Å². The van der Waals surface area contributed by atoms with Gasteiger partial charge in [0.15, 0.2) is 4.84 Å². The van der Waals surface area contributed by atoms with E-state index >= 15 is 0 Å². The van der Waals surface area contributed by atoms with Crippen LogP contribution >= 0.6 is 23.2 Å². The van der Waals surface area contributed by atoms with Crippen LogP contribution in [0.4, 0.5) is 0 Å². The average Bonchev–Trinajstić information content (AvgIpc) is 2.17. The van der Waals surface area contributed by atoms with E-state index in [1.807, 2.05) is 0 Å². The lowest BCUT2D eigenvalue weighted by molar-refractivity contribution is 0.627. The second-order valence-corrected chi connectivity index (χ2v) is 3.73. The fraction of sp³-hybridized carbons (Fsp3) is 0.833. The first-order valence-electron chi connectivity index (χ1n) is 2.76. The minimum atomic E-state index is 0.156. The van der Waals surface area contributed by atoms with Crippen molar-refractivity contribution in [1.82, 2.24) is 0 Å². The van der Waals surface area contributed by atoms with Gasteiger partial charge in [0.1, 0.15) is 0 Å². The van der Waals surface area contributed by atoms with Crippen LogP contribution in [0.2, 0.25) is 0 Å². The molecule has 0 saturated heterocycles. The molecule has 0 aromatic heterocycles. The highest BCUT2D eigenvalue weighted by molar-refractivity contribution is 6.53. The van der Waals surface area contributed by atoms with E-state index in [1.165, 1.54) is 0 Å². The Morgan fingerprint density at radius 1 is 1.62 bits per heavy atom. The molecule has 0 heterocycles. The molecule has 0 bridgehead atoms. The maximum atomic E-state index is 5.59. The van der Waals surface area contributed by atoms with Crippen molar-refractivity contribution in [2.75, 3.05) is 0 Å². The number of hydrogen-bond donors (Lipinski definition) is 0. The van der Waals surface area contributed by atoms with Gasteiger partial charge in [-0.05, 0) is 12.3 Å². The van der Waals surface area contributed by atoms with Crippen molar-refractivity contribution in [3.8, 4) is 0 Å². The summed E-state index contributed by atoms with van der Waals surface area (Å²) in [6, 6.07) is 0. The van der Waals surface area contributed by atoms with E-state index in [9.17, 15) is 0 Å². The van der Waals surface area contributed by atoms with Gasteiger partial charge in [0.05, 0.1) is 0 Å². The highest BCUT2D eigenvalue weighted by Crippen LogP contribution is 2.60. The molecular weight excluding hydrogens is 143 g/mol. The molecule has 1 saturated carbocycles. The van der Waals surface area contributed by atoms with Gasteiger partial charge in [0.2, 0.25) is 0 Å². The van der Waals surface area contributed by atoms with E-state index in [4.69, 9.17) is 23.2 Å². The van der Waals surface area contributed by atoms with E-state index in [2.05, 4.69) is 13.8 Å². The first kappa shape index (κ1) is 6.70. The van der Waals surface area contributed by atoms with Crippen LogP contribution in [0.25, 0.3) is 0 Å². The first-order valence-corrected chi connectivity index (χ1v) is 3.51. The molecule has 0 N–H and O–H groups in total. The van der Waals surface area contributed by atoms with Gasteiger partial charge < -0.3 is 0 Å². The zero-order chi connectivity index (χ0) is 6.36. The first-order chi connectivity index (χ1) is 3.57. The van der Waals surface area contributed by atoms with Crippen LogP contribution in [-0.4, -0.2) is 0 Å². The largest absolute Gasteiger partial charge is 0.157 e. The number of halogens is 2. The Hall–Kier alpha value is 0.580. The molecule has 1 aliphatic rings. The van der Waals surface area contributed by atoms with Crippen LogP contribution in [0.15, 0.2) is 0 Å². The summed E-state index contributed by atoms with van der Waals surface area (Å²) in [4.78, 5) is 0.546. The highest BCUT2D eigenvalue weighted by atomic mass is 35.5. The maximum absolute atomic E-state index is 5.59. The Labute approximate surface area is 60.2 Å². The summed E-state index contributed by atoms with van der Waals surface area (Å²) in [6.07, 6.45) is 1.15. The molecule has 2 heteroatoms. The van der Waals surface area contributed by atoms with Crippen molar-refractivity contribution in [2.24, 2.45) is 11.3 Å². The van der Waals surface area contributed by atoms with Gasteiger partial charge in [0, 0.05) is 5.41 Å². The predicted molar refractivity (Wildman–Crippen MR) is 36.8 cm³/mol. The Kier molecular flexibility index (Phi) is 1.49. The Bertz CT molecular complexity index is 101. The molecule has 1 aliphatic carbocycles. The third kappa shape index (κ3) is 0.844. The summed E-state index contributed by atoms with van der Waals surface area (Å²) < 4.78 is 0. The van der Waals surface area contributed by atoms with E-state index in [0.717, 1.165) is 6.42 Å². The average molecular weight is 152 g/mol. The van der Waals surface area contributed by atoms with E-state index in [0.29, 0.717) is 10.8 Å². The lowest BCUT2D eigenvalue weighted by atomic mass is 10.1. The lowest BCUT2D eigenvalue weighted by Gasteiger charge is -2.06. The molecule has 0 aliphatic heterocycles. The zero-order valence-electron chi connectivity index (χ0n) is 5.04. The minimum absolute atomic E-state index is 0.156. The topological polar surface area (TPSA) is 0 Å². The fourth-order valence-electron chi connectivity index (χ4n) is 0.841. The monoisotopic (exact) mass is 151 g/mol. The second kappa shape index (κ2) is 1.78. The SMILES string of the molecule is CC1CC1(C)[C](Cl)Cl. The molecule has 2 atom stereocenters. The van der Waals surface area contributed by atoms with Crippen LogP contribution in [0, 0.1) is 16.2 Å². The van der Waals surface area contributed by atoms with Crippen molar-refractivity contribution >= 4 is 23.2 Å². The predicted octanol–water partition coefficient (Wildman–Crippen LogP) is 3.00. The van der Waals surface area contributed by atoms with E-state index in [-0.39, 0.29) is 5.41 Å². The highest BCUT2D eigenvalue weighted by Gasteiger charge is 2.52. The zero-order valence-corrected chi connectivity index (χ0v) is 6.55. The van der Waals surface area contributed by atoms with Crippen LogP contribution in [0.3, 0.4) is 0 Å². The van der Waals surface area contributed by atoms with Crippen molar-refractivity contribution in [2.45, 2.75) is 20.3 Å². The smallest absolute Gasteiger partial charge is 0.0976 e. The molecule has 1 fully saturated rings. The molecule has 0 amide bonds. The summed E-state index contributed by atoms with van der Waals surface area (Å²) in [5, 5.41) is 0. The number of hydrogen-bond acceptors (Lipinski definition) is 0. The van der Waals surface area contributed by atoms with Crippen LogP contribution < -0.4 is 0 Å². The number of rotatable bonds is 1. The van der Waals surface area contributed by atoms with Gasteiger partial charge in [-0.1, -0.05) is 37.0 Å². The molecule has 1 rings (SSSR count). The second-order valence-electron chi connectivity index (χ2n) is 2.78. The third-order valence-corrected chi connectivity index (χ3v) is 2.95. The quantitative estimate of drug-likeness (QED) is 0.541. The molecule has 0 aromatic rings. The molecule has 2 unspecified atom stereocenters. The lowest BCUT2D eigenvalue weighted by Crippen LogP contribution is -1.98. The van der Waals surface area contributed by atoms with Gasteiger partial charge in [0.25, 0.3) is 0 Å². The van der Waals surface area contributed by atoms with Crippen molar-refractivity contribution in [3.63, 3.8) is 0 Å². The Morgan fingerprint density at radius 3 is 2.00 bits per heavy atom. The molecule has 8 heavy (non-hydrogen) atoms. The minimum Gasteiger partial charge on any atom is -0.0976 e. The third-order valence-electron chi connectivity index (χ3n) is 2.09. The van der Waals surface area contributed by atoms with Crippen LogP contribution in [0.5, 0.6) is 0 Å². The Morgan fingerprint density at radius 2 is 2.00 bits per heavy atom. The molecule has 0 nitrogen and oxygen atoms in total. The summed E-state index contributed by atoms with van der Waals surface area (Å²) in [6.45, 7) is 4.25. The molecule has 1 radical (unpaired) electrons.